The van der Waals surface area contributed by atoms with E-state index >= 15 is 0 Å². The van der Waals surface area contributed by atoms with Gasteiger partial charge in [-0.2, -0.15) is 0 Å². The molecular formula is C25H32O8. The number of cyclic esters (lactones) is 2. The van der Waals surface area contributed by atoms with Crippen molar-refractivity contribution in [1.82, 2.24) is 0 Å². The maximum Gasteiger partial charge on any atom is 0.342 e. The summed E-state index contributed by atoms with van der Waals surface area (Å²) in [6.45, 7) is 9.26. The lowest BCUT2D eigenvalue weighted by atomic mass is 9.46. The molecule has 0 radical (unpaired) electrons. The van der Waals surface area contributed by atoms with Crippen molar-refractivity contribution in [2.24, 2.45) is 11.3 Å². The van der Waals surface area contributed by atoms with E-state index in [2.05, 4.69) is 0 Å². The van der Waals surface area contributed by atoms with Gasteiger partial charge in [-0.1, -0.05) is 6.92 Å². The Morgan fingerprint density at radius 2 is 1.79 bits per heavy atom. The van der Waals surface area contributed by atoms with Crippen LogP contribution in [0.4, 0.5) is 0 Å². The molecule has 0 spiro atoms. The minimum atomic E-state index is -1.70. The average molecular weight is 461 g/mol. The van der Waals surface area contributed by atoms with Crippen LogP contribution in [0.15, 0.2) is 0 Å². The normalized spacial score (nSPS) is 38.5. The summed E-state index contributed by atoms with van der Waals surface area (Å²) >= 11 is 0. The second-order valence-electron chi connectivity index (χ2n) is 11.0. The third-order valence-electron chi connectivity index (χ3n) is 8.96. The maximum atomic E-state index is 12.5. The van der Waals surface area contributed by atoms with Crippen molar-refractivity contribution in [3.8, 4) is 11.5 Å². The molecule has 33 heavy (non-hydrogen) atoms. The fourth-order valence-corrected chi connectivity index (χ4v) is 7.31. The minimum Gasteiger partial charge on any atom is -0.495 e. The largest absolute Gasteiger partial charge is 0.495 e. The van der Waals surface area contributed by atoms with Crippen molar-refractivity contribution in [3.63, 3.8) is 0 Å². The first-order valence-electron chi connectivity index (χ1n) is 11.5. The van der Waals surface area contributed by atoms with E-state index in [1.54, 1.807) is 13.8 Å². The molecule has 3 aliphatic heterocycles. The van der Waals surface area contributed by atoms with Gasteiger partial charge in [0, 0.05) is 35.3 Å². The van der Waals surface area contributed by atoms with Gasteiger partial charge in [-0.3, -0.25) is 4.79 Å². The Morgan fingerprint density at radius 1 is 1.09 bits per heavy atom. The predicted octanol–water partition coefficient (Wildman–Crippen LogP) is 2.60. The number of carbonyl (C=O) groups is 2. The zero-order valence-electron chi connectivity index (χ0n) is 20.0. The average Bonchev–Trinajstić information content (AvgIpc) is 3.09. The molecule has 2 fully saturated rings. The molecule has 2 N–H and O–H groups in total. The van der Waals surface area contributed by atoms with Crippen molar-refractivity contribution in [2.45, 2.75) is 89.8 Å². The molecule has 1 saturated carbocycles. The van der Waals surface area contributed by atoms with Crippen molar-refractivity contribution < 1.29 is 38.7 Å². The summed E-state index contributed by atoms with van der Waals surface area (Å²) in [5.41, 5.74) is -1.98. The van der Waals surface area contributed by atoms with E-state index in [1.807, 2.05) is 20.8 Å². The monoisotopic (exact) mass is 460 g/mol. The van der Waals surface area contributed by atoms with E-state index in [0.717, 1.165) is 16.7 Å². The van der Waals surface area contributed by atoms with Gasteiger partial charge in [0.15, 0.2) is 0 Å². The van der Waals surface area contributed by atoms with Gasteiger partial charge in [-0.05, 0) is 46.1 Å². The first-order valence-corrected chi connectivity index (χ1v) is 11.5. The lowest BCUT2D eigenvalue weighted by molar-refractivity contribution is -0.302. The van der Waals surface area contributed by atoms with Gasteiger partial charge >= 0.3 is 11.9 Å². The van der Waals surface area contributed by atoms with Crippen LogP contribution in [0, 0.1) is 18.3 Å². The highest BCUT2D eigenvalue weighted by atomic mass is 16.6. The number of esters is 2. The Morgan fingerprint density at radius 3 is 2.45 bits per heavy atom. The number of methoxy groups -OCH3 is 1. The molecular weight excluding hydrogens is 428 g/mol. The first kappa shape index (κ1) is 22.5. The van der Waals surface area contributed by atoms with E-state index in [4.69, 9.17) is 18.9 Å². The van der Waals surface area contributed by atoms with E-state index in [1.165, 1.54) is 7.11 Å². The number of ether oxygens (including phenoxy) is 4. The Kier molecular flexibility index (Phi) is 4.51. The van der Waals surface area contributed by atoms with Crippen LogP contribution >= 0.6 is 0 Å². The van der Waals surface area contributed by atoms with Crippen molar-refractivity contribution in [1.29, 1.82) is 0 Å². The van der Waals surface area contributed by atoms with Gasteiger partial charge in [-0.15, -0.1) is 0 Å². The van der Waals surface area contributed by atoms with Crippen LogP contribution in [0.1, 0.15) is 74.0 Å². The number of benzene rings is 1. The molecule has 1 aliphatic carbocycles. The summed E-state index contributed by atoms with van der Waals surface area (Å²) in [5.74, 6) is -0.0253. The molecule has 1 aromatic rings. The van der Waals surface area contributed by atoms with Gasteiger partial charge in [0.1, 0.15) is 40.5 Å². The number of fused-ring (bicyclic) bond motifs is 5. The van der Waals surface area contributed by atoms with Crippen LogP contribution in [-0.2, 0) is 27.3 Å². The zero-order valence-corrected chi connectivity index (χ0v) is 20.0. The maximum absolute atomic E-state index is 12.5. The van der Waals surface area contributed by atoms with Crippen LogP contribution in [0.5, 0.6) is 11.5 Å². The Labute approximate surface area is 193 Å². The lowest BCUT2D eigenvalue weighted by Crippen LogP contribution is -2.76. The van der Waals surface area contributed by atoms with E-state index in [0.29, 0.717) is 29.9 Å². The smallest absolute Gasteiger partial charge is 0.342 e. The topological polar surface area (TPSA) is 112 Å². The standard InChI is InChI=1S/C25H32O8/c1-12-14-11-31-21(28)18(14)20(30-6)13-9-15-23(4)8-7-17(27)32-22(2,3)25(23,29)16(26)10-24(15,5)33-19(12)13/h15-16,26,29H,7-11H2,1-6H3/t15-,16-,23-,24+,25-/m0/s1. The number of aliphatic hydroxyl groups excluding tert-OH is 1. The zero-order chi connectivity index (χ0) is 24.1. The Bertz CT molecular complexity index is 1080. The molecule has 1 saturated heterocycles. The Balaban J connectivity index is 1.73. The van der Waals surface area contributed by atoms with Crippen molar-refractivity contribution in [2.75, 3.05) is 7.11 Å². The molecule has 4 aliphatic rings. The van der Waals surface area contributed by atoms with Crippen LogP contribution in [-0.4, -0.2) is 52.2 Å². The predicted molar refractivity (Wildman–Crippen MR) is 116 cm³/mol. The van der Waals surface area contributed by atoms with Crippen LogP contribution in [0.25, 0.3) is 0 Å². The van der Waals surface area contributed by atoms with Crippen molar-refractivity contribution in [3.05, 3.63) is 22.3 Å². The quantitative estimate of drug-likeness (QED) is 0.615. The number of carbonyl (C=O) groups excluding carboxylic acids is 2. The van der Waals surface area contributed by atoms with Crippen LogP contribution in [0.3, 0.4) is 0 Å². The SMILES string of the molecule is COc1c2c(c(C)c3c1C(=O)OC3)O[C@]1(C)C[C@H](O)[C@]3(O)C(C)(C)OC(=O)CC[C@@]3(C)[C@@H]1C2. The second kappa shape index (κ2) is 6.63. The minimum absolute atomic E-state index is 0.126. The molecule has 180 valence electrons. The van der Waals surface area contributed by atoms with Crippen LogP contribution < -0.4 is 9.47 Å². The fraction of sp³-hybridized carbons (Fsp3) is 0.680. The molecule has 0 aromatic heterocycles. The Hall–Kier alpha value is -2.32. The van der Waals surface area contributed by atoms with E-state index in [-0.39, 0.29) is 25.4 Å². The summed E-state index contributed by atoms with van der Waals surface area (Å²) in [6.07, 6.45) is -0.102. The third-order valence-corrected chi connectivity index (χ3v) is 8.96. The summed E-state index contributed by atoms with van der Waals surface area (Å²) in [5, 5.41) is 23.5. The highest BCUT2D eigenvalue weighted by Crippen LogP contribution is 2.64. The number of hydrogen-bond donors (Lipinski definition) is 2. The molecule has 0 unspecified atom stereocenters. The van der Waals surface area contributed by atoms with Gasteiger partial charge in [-0.25, -0.2) is 4.79 Å². The third kappa shape index (κ3) is 2.59. The summed E-state index contributed by atoms with van der Waals surface area (Å²) in [4.78, 5) is 25.0. The molecule has 3 heterocycles. The van der Waals surface area contributed by atoms with E-state index in [9.17, 15) is 19.8 Å². The van der Waals surface area contributed by atoms with Gasteiger partial charge in [0.05, 0.1) is 13.2 Å². The summed E-state index contributed by atoms with van der Waals surface area (Å²) in [6, 6.07) is 0. The number of hydrogen-bond acceptors (Lipinski definition) is 8. The van der Waals surface area contributed by atoms with Crippen molar-refractivity contribution >= 4 is 11.9 Å². The van der Waals surface area contributed by atoms with Gasteiger partial charge < -0.3 is 29.2 Å². The number of aliphatic hydroxyl groups is 2. The fourth-order valence-electron chi connectivity index (χ4n) is 7.31. The highest BCUT2D eigenvalue weighted by Gasteiger charge is 2.73. The number of rotatable bonds is 1. The molecule has 5 rings (SSSR count). The highest BCUT2D eigenvalue weighted by molar-refractivity contribution is 5.98. The molecule has 5 atom stereocenters. The lowest BCUT2D eigenvalue weighted by Gasteiger charge is -2.65. The summed E-state index contributed by atoms with van der Waals surface area (Å²) < 4.78 is 23.3. The van der Waals surface area contributed by atoms with E-state index < -0.39 is 40.3 Å². The second-order valence-corrected chi connectivity index (χ2v) is 11.0. The molecule has 0 amide bonds. The summed E-state index contributed by atoms with van der Waals surface area (Å²) in [7, 11) is 1.52. The first-order chi connectivity index (χ1) is 15.3. The molecule has 8 heteroatoms. The molecule has 0 bridgehead atoms. The molecule has 1 aromatic carbocycles. The van der Waals surface area contributed by atoms with Gasteiger partial charge in [0.2, 0.25) is 0 Å². The van der Waals surface area contributed by atoms with Crippen LogP contribution in [0.2, 0.25) is 0 Å². The molecule has 8 nitrogen and oxygen atoms in total. The van der Waals surface area contributed by atoms with Gasteiger partial charge in [0.25, 0.3) is 0 Å².